The van der Waals surface area contributed by atoms with Crippen molar-refractivity contribution in [2.45, 2.75) is 23.7 Å². The summed E-state index contributed by atoms with van der Waals surface area (Å²) in [6.07, 6.45) is -0.445. The molecule has 4 rings (SSSR count). The quantitative estimate of drug-likeness (QED) is 0.500. The van der Waals surface area contributed by atoms with Crippen molar-refractivity contribution in [3.63, 3.8) is 0 Å². The summed E-state index contributed by atoms with van der Waals surface area (Å²) in [6, 6.07) is 17.3. The molecule has 0 saturated heterocycles. The molecule has 0 bridgehead atoms. The molecule has 1 unspecified atom stereocenters. The first-order valence-corrected chi connectivity index (χ1v) is 12.8. The molecule has 1 atom stereocenters. The Labute approximate surface area is 192 Å². The molecule has 8 heteroatoms. The number of rotatable bonds is 7. The highest BCUT2D eigenvalue weighted by Gasteiger charge is 2.30. The third-order valence-corrected chi connectivity index (χ3v) is 6.95. The zero-order valence-electron chi connectivity index (χ0n) is 18.1. The van der Waals surface area contributed by atoms with Crippen LogP contribution < -0.4 is 19.3 Å². The van der Waals surface area contributed by atoms with Crippen LogP contribution in [-0.2, 0) is 15.8 Å². The molecule has 0 aliphatic carbocycles. The van der Waals surface area contributed by atoms with Crippen LogP contribution in [0.3, 0.4) is 0 Å². The second-order valence-corrected chi connectivity index (χ2v) is 10.3. The van der Waals surface area contributed by atoms with E-state index in [1.165, 1.54) is 0 Å². The van der Waals surface area contributed by atoms with E-state index >= 15 is 0 Å². The molecule has 2 N–H and O–H groups in total. The number of primary sulfonamides is 1. The van der Waals surface area contributed by atoms with E-state index in [9.17, 15) is 8.42 Å². The van der Waals surface area contributed by atoms with E-state index in [0.717, 1.165) is 38.7 Å². The van der Waals surface area contributed by atoms with E-state index in [2.05, 4.69) is 13.0 Å². The average Bonchev–Trinajstić information content (AvgIpc) is 2.77. The van der Waals surface area contributed by atoms with Crippen molar-refractivity contribution >= 4 is 21.8 Å². The van der Waals surface area contributed by atoms with Gasteiger partial charge < -0.3 is 14.2 Å². The molecule has 0 aromatic heterocycles. The van der Waals surface area contributed by atoms with Gasteiger partial charge in [-0.05, 0) is 41.1 Å². The van der Waals surface area contributed by atoms with Crippen LogP contribution in [0.4, 0.5) is 0 Å². The van der Waals surface area contributed by atoms with Crippen molar-refractivity contribution in [1.29, 1.82) is 0 Å². The van der Waals surface area contributed by atoms with E-state index in [0.29, 0.717) is 17.1 Å². The van der Waals surface area contributed by atoms with Crippen LogP contribution in [0.25, 0.3) is 11.1 Å². The molecule has 6 nitrogen and oxygen atoms in total. The average molecular weight is 472 g/mol. The predicted octanol–water partition coefficient (Wildman–Crippen LogP) is 4.75. The molecule has 0 spiro atoms. The molecule has 0 amide bonds. The van der Waals surface area contributed by atoms with Gasteiger partial charge in [-0.15, -0.1) is 11.8 Å². The standard InChI is InChI=1S/C24H25NO5S2/c1-4-31-22-7-5-6-20-23(22)17-10-8-15(14-32(25,26)27)12-18(17)24(30-20)16-9-11-19(28-2)21(13-16)29-3/h5-13,24H,4,14H2,1-3H3,(H2,25,26,27). The van der Waals surface area contributed by atoms with Crippen LogP contribution in [0, 0.1) is 0 Å². The highest BCUT2D eigenvalue weighted by Crippen LogP contribution is 2.49. The first-order chi connectivity index (χ1) is 15.3. The monoisotopic (exact) mass is 471 g/mol. The fraction of sp³-hybridized carbons (Fsp3) is 0.250. The normalized spacial score (nSPS) is 14.8. The lowest BCUT2D eigenvalue weighted by Crippen LogP contribution is -2.18. The molecule has 3 aromatic rings. The smallest absolute Gasteiger partial charge is 0.213 e. The first-order valence-electron chi connectivity index (χ1n) is 10.1. The minimum absolute atomic E-state index is 0.239. The zero-order valence-corrected chi connectivity index (χ0v) is 19.8. The van der Waals surface area contributed by atoms with E-state index in [-0.39, 0.29) is 5.75 Å². The number of thioether (sulfide) groups is 1. The molecule has 1 aliphatic rings. The van der Waals surface area contributed by atoms with Crippen LogP contribution >= 0.6 is 11.8 Å². The SMILES string of the molecule is CCSc1cccc2c1-c1ccc(CS(N)(=O)=O)cc1C(c1ccc(OC)c(OC)c1)O2. The van der Waals surface area contributed by atoms with Gasteiger partial charge in [-0.1, -0.05) is 37.3 Å². The van der Waals surface area contributed by atoms with Crippen molar-refractivity contribution in [1.82, 2.24) is 0 Å². The Morgan fingerprint density at radius 2 is 1.81 bits per heavy atom. The summed E-state index contributed by atoms with van der Waals surface area (Å²) in [5.41, 5.74) is 4.41. The third kappa shape index (κ3) is 4.44. The molecule has 1 aliphatic heterocycles. The second-order valence-electron chi connectivity index (χ2n) is 7.40. The van der Waals surface area contributed by atoms with Gasteiger partial charge in [0, 0.05) is 21.6 Å². The van der Waals surface area contributed by atoms with E-state index in [4.69, 9.17) is 19.3 Å². The van der Waals surface area contributed by atoms with Crippen molar-refractivity contribution in [3.8, 4) is 28.4 Å². The van der Waals surface area contributed by atoms with E-state index < -0.39 is 16.1 Å². The van der Waals surface area contributed by atoms with Gasteiger partial charge in [0.25, 0.3) is 0 Å². The summed E-state index contributed by atoms with van der Waals surface area (Å²) < 4.78 is 40.8. The highest BCUT2D eigenvalue weighted by atomic mass is 32.2. The van der Waals surface area contributed by atoms with Gasteiger partial charge in [0.2, 0.25) is 10.0 Å². The lowest BCUT2D eigenvalue weighted by molar-refractivity contribution is 0.242. The largest absolute Gasteiger partial charge is 0.493 e. The lowest BCUT2D eigenvalue weighted by atomic mass is 9.88. The molecule has 0 saturated carbocycles. The van der Waals surface area contributed by atoms with Crippen LogP contribution in [0.15, 0.2) is 59.5 Å². The number of hydrogen-bond acceptors (Lipinski definition) is 6. The van der Waals surface area contributed by atoms with Gasteiger partial charge in [-0.25, -0.2) is 13.6 Å². The van der Waals surface area contributed by atoms with Crippen LogP contribution in [0.5, 0.6) is 17.2 Å². The Bertz CT molecular complexity index is 1260. The summed E-state index contributed by atoms with van der Waals surface area (Å²) in [4.78, 5) is 1.12. The van der Waals surface area contributed by atoms with Crippen molar-refractivity contribution < 1.29 is 22.6 Å². The number of hydrogen-bond donors (Lipinski definition) is 1. The summed E-state index contributed by atoms with van der Waals surface area (Å²) >= 11 is 1.74. The van der Waals surface area contributed by atoms with Crippen LogP contribution in [0.2, 0.25) is 0 Å². The number of methoxy groups -OCH3 is 2. The molecule has 1 heterocycles. The van der Waals surface area contributed by atoms with E-state index in [1.807, 2.05) is 48.5 Å². The Hall–Kier alpha value is -2.68. The first kappa shape index (κ1) is 22.5. The lowest BCUT2D eigenvalue weighted by Gasteiger charge is -2.31. The molecular formula is C24H25NO5S2. The summed E-state index contributed by atoms with van der Waals surface area (Å²) in [6.45, 7) is 2.11. The number of benzene rings is 3. The molecule has 32 heavy (non-hydrogen) atoms. The van der Waals surface area contributed by atoms with Gasteiger partial charge in [-0.3, -0.25) is 0 Å². The van der Waals surface area contributed by atoms with Crippen LogP contribution in [-0.4, -0.2) is 28.4 Å². The van der Waals surface area contributed by atoms with Gasteiger partial charge >= 0.3 is 0 Å². The minimum Gasteiger partial charge on any atom is -0.493 e. The summed E-state index contributed by atoms with van der Waals surface area (Å²) in [5, 5.41) is 5.31. The third-order valence-electron chi connectivity index (χ3n) is 5.28. The summed E-state index contributed by atoms with van der Waals surface area (Å²) in [5.74, 6) is 2.69. The number of sulfonamides is 1. The van der Waals surface area contributed by atoms with Gasteiger partial charge in [0.05, 0.1) is 20.0 Å². The maximum Gasteiger partial charge on any atom is 0.213 e. The molecular weight excluding hydrogens is 446 g/mol. The highest BCUT2D eigenvalue weighted by molar-refractivity contribution is 7.99. The topological polar surface area (TPSA) is 87.9 Å². The van der Waals surface area contributed by atoms with Crippen molar-refractivity contribution in [3.05, 3.63) is 71.3 Å². The Kier molecular flexibility index (Phi) is 6.37. The Morgan fingerprint density at radius 1 is 1.03 bits per heavy atom. The van der Waals surface area contributed by atoms with Crippen LogP contribution in [0.1, 0.15) is 29.7 Å². The van der Waals surface area contributed by atoms with Gasteiger partial charge in [0.1, 0.15) is 11.9 Å². The predicted molar refractivity (Wildman–Crippen MR) is 127 cm³/mol. The number of ether oxygens (including phenoxy) is 3. The minimum atomic E-state index is -3.66. The Balaban J connectivity index is 1.91. The molecule has 168 valence electrons. The number of nitrogens with two attached hydrogens (primary N) is 1. The molecule has 3 aromatic carbocycles. The fourth-order valence-electron chi connectivity index (χ4n) is 3.98. The molecule has 0 radical (unpaired) electrons. The Morgan fingerprint density at radius 3 is 2.50 bits per heavy atom. The van der Waals surface area contributed by atoms with Crippen molar-refractivity contribution in [2.24, 2.45) is 5.14 Å². The van der Waals surface area contributed by atoms with Gasteiger partial charge in [-0.2, -0.15) is 0 Å². The van der Waals surface area contributed by atoms with Gasteiger partial charge in [0.15, 0.2) is 11.5 Å². The van der Waals surface area contributed by atoms with E-state index in [1.54, 1.807) is 26.0 Å². The second kappa shape index (κ2) is 9.05. The van der Waals surface area contributed by atoms with Crippen molar-refractivity contribution in [2.75, 3.05) is 20.0 Å². The summed E-state index contributed by atoms with van der Waals surface area (Å²) in [7, 11) is -0.486. The zero-order chi connectivity index (χ0) is 22.9. The fourth-order valence-corrected chi connectivity index (χ4v) is 5.47. The maximum absolute atomic E-state index is 11.7. The number of fused-ring (bicyclic) bond motifs is 3. The maximum atomic E-state index is 11.7. The molecule has 0 fully saturated rings.